The zero-order valence-corrected chi connectivity index (χ0v) is 12.7. The van der Waals surface area contributed by atoms with Gasteiger partial charge in [0.05, 0.1) is 18.6 Å². The van der Waals surface area contributed by atoms with E-state index < -0.39 is 15.9 Å². The first-order chi connectivity index (χ1) is 9.50. The number of rotatable bonds is 6. The maximum Gasteiger partial charge on any atom is 0.152 e. The molecule has 112 valence electrons. The van der Waals surface area contributed by atoms with Gasteiger partial charge in [-0.1, -0.05) is 25.0 Å². The Bertz CT molecular complexity index is 536. The Labute approximate surface area is 121 Å². The SMILES string of the molecule is COc1cccc(C(N)CS(=O)(=O)CC2CCCC2)c1. The van der Waals surface area contributed by atoms with Crippen molar-refractivity contribution in [1.29, 1.82) is 0 Å². The second-order valence-corrected chi connectivity index (χ2v) is 7.76. The lowest BCUT2D eigenvalue weighted by molar-refractivity contribution is 0.414. The second-order valence-electron chi connectivity index (χ2n) is 5.61. The number of sulfone groups is 1. The van der Waals surface area contributed by atoms with E-state index in [2.05, 4.69) is 0 Å². The van der Waals surface area contributed by atoms with Crippen LogP contribution in [0.2, 0.25) is 0 Å². The second kappa shape index (κ2) is 6.59. The lowest BCUT2D eigenvalue weighted by atomic mass is 10.1. The first-order valence-electron chi connectivity index (χ1n) is 7.10. The van der Waals surface area contributed by atoms with Crippen LogP contribution in [-0.4, -0.2) is 27.0 Å². The Morgan fingerprint density at radius 3 is 2.70 bits per heavy atom. The van der Waals surface area contributed by atoms with E-state index in [1.165, 1.54) is 0 Å². The molecule has 20 heavy (non-hydrogen) atoms. The number of hydrogen-bond donors (Lipinski definition) is 1. The molecule has 1 aliphatic carbocycles. The van der Waals surface area contributed by atoms with Crippen LogP contribution >= 0.6 is 0 Å². The van der Waals surface area contributed by atoms with Gasteiger partial charge >= 0.3 is 0 Å². The topological polar surface area (TPSA) is 69.4 Å². The minimum absolute atomic E-state index is 0.0106. The van der Waals surface area contributed by atoms with Crippen molar-refractivity contribution >= 4 is 9.84 Å². The first-order valence-corrected chi connectivity index (χ1v) is 8.92. The van der Waals surface area contributed by atoms with Gasteiger partial charge in [-0.3, -0.25) is 0 Å². The summed E-state index contributed by atoms with van der Waals surface area (Å²) in [5, 5.41) is 0. The van der Waals surface area contributed by atoms with E-state index in [0.717, 1.165) is 31.2 Å². The van der Waals surface area contributed by atoms with Crippen molar-refractivity contribution in [1.82, 2.24) is 0 Å². The molecule has 4 nitrogen and oxygen atoms in total. The normalized spacial score (nSPS) is 18.1. The van der Waals surface area contributed by atoms with Crippen molar-refractivity contribution in [3.8, 4) is 5.75 Å². The molecule has 1 atom stereocenters. The van der Waals surface area contributed by atoms with Crippen molar-refractivity contribution in [2.24, 2.45) is 11.7 Å². The molecule has 0 heterocycles. The molecule has 2 rings (SSSR count). The third-order valence-electron chi connectivity index (χ3n) is 3.92. The minimum atomic E-state index is -3.10. The fraction of sp³-hybridized carbons (Fsp3) is 0.600. The molecule has 1 aromatic carbocycles. The highest BCUT2D eigenvalue weighted by molar-refractivity contribution is 7.91. The summed E-state index contributed by atoms with van der Waals surface area (Å²) in [6, 6.07) is 6.81. The molecule has 2 N–H and O–H groups in total. The molecule has 0 saturated heterocycles. The fourth-order valence-electron chi connectivity index (χ4n) is 2.85. The molecule has 0 aliphatic heterocycles. The Balaban J connectivity index is 1.99. The predicted octanol–water partition coefficient (Wildman–Crippen LogP) is 2.30. The number of methoxy groups -OCH3 is 1. The molecule has 1 aliphatic rings. The van der Waals surface area contributed by atoms with Crippen molar-refractivity contribution in [3.63, 3.8) is 0 Å². The van der Waals surface area contributed by atoms with Crippen LogP contribution in [0, 0.1) is 5.92 Å². The van der Waals surface area contributed by atoms with Gasteiger partial charge in [-0.05, 0) is 36.5 Å². The molecule has 1 unspecified atom stereocenters. The third kappa shape index (κ3) is 4.21. The maximum absolute atomic E-state index is 12.2. The molecule has 0 spiro atoms. The van der Waals surface area contributed by atoms with Gasteiger partial charge in [0.15, 0.2) is 9.84 Å². The Hall–Kier alpha value is -1.07. The molecular weight excluding hydrogens is 274 g/mol. The van der Waals surface area contributed by atoms with Crippen LogP contribution in [-0.2, 0) is 9.84 Å². The van der Waals surface area contributed by atoms with Crippen LogP contribution < -0.4 is 10.5 Å². The lowest BCUT2D eigenvalue weighted by Gasteiger charge is -2.15. The highest BCUT2D eigenvalue weighted by Crippen LogP contribution is 2.27. The van der Waals surface area contributed by atoms with Crippen LogP contribution in [0.1, 0.15) is 37.3 Å². The van der Waals surface area contributed by atoms with E-state index in [4.69, 9.17) is 10.5 Å². The van der Waals surface area contributed by atoms with Gasteiger partial charge in [-0.2, -0.15) is 0 Å². The summed E-state index contributed by atoms with van der Waals surface area (Å²) in [6.07, 6.45) is 4.38. The van der Waals surface area contributed by atoms with Crippen molar-refractivity contribution in [3.05, 3.63) is 29.8 Å². The van der Waals surface area contributed by atoms with Crippen molar-refractivity contribution in [2.75, 3.05) is 18.6 Å². The summed E-state index contributed by atoms with van der Waals surface area (Å²) < 4.78 is 29.6. The molecule has 1 aromatic rings. The molecule has 0 aromatic heterocycles. The number of hydrogen-bond acceptors (Lipinski definition) is 4. The smallest absolute Gasteiger partial charge is 0.152 e. The van der Waals surface area contributed by atoms with Gasteiger partial charge in [-0.15, -0.1) is 0 Å². The summed E-state index contributed by atoms with van der Waals surface area (Å²) in [4.78, 5) is 0. The molecule has 1 saturated carbocycles. The molecule has 0 bridgehead atoms. The van der Waals surface area contributed by atoms with E-state index >= 15 is 0 Å². The summed E-state index contributed by atoms with van der Waals surface area (Å²) in [7, 11) is -1.51. The monoisotopic (exact) mass is 297 g/mol. The average Bonchev–Trinajstić information content (AvgIpc) is 2.90. The van der Waals surface area contributed by atoms with Gasteiger partial charge in [0, 0.05) is 6.04 Å². The first kappa shape index (κ1) is 15.3. The Kier molecular flexibility index (Phi) is 5.05. The quantitative estimate of drug-likeness (QED) is 0.874. The number of benzene rings is 1. The molecular formula is C15H23NO3S. The van der Waals surface area contributed by atoms with E-state index in [1.807, 2.05) is 18.2 Å². The van der Waals surface area contributed by atoms with Crippen LogP contribution in [0.5, 0.6) is 5.75 Å². The van der Waals surface area contributed by atoms with E-state index in [0.29, 0.717) is 11.7 Å². The number of nitrogens with two attached hydrogens (primary N) is 1. The third-order valence-corrected chi connectivity index (χ3v) is 5.77. The summed E-state index contributed by atoms with van der Waals surface area (Å²) in [6.45, 7) is 0. The van der Waals surface area contributed by atoms with Crippen LogP contribution in [0.15, 0.2) is 24.3 Å². The van der Waals surface area contributed by atoms with Crippen molar-refractivity contribution < 1.29 is 13.2 Å². The highest BCUT2D eigenvalue weighted by Gasteiger charge is 2.24. The van der Waals surface area contributed by atoms with Gasteiger partial charge in [0.25, 0.3) is 0 Å². The molecule has 0 radical (unpaired) electrons. The maximum atomic E-state index is 12.2. The average molecular weight is 297 g/mol. The standard InChI is InChI=1S/C15H23NO3S/c1-19-14-8-4-7-13(9-14)15(16)11-20(17,18)10-12-5-2-3-6-12/h4,7-9,12,15H,2-3,5-6,10-11,16H2,1H3. The summed E-state index contributed by atoms with van der Waals surface area (Å²) in [5.41, 5.74) is 6.85. The Morgan fingerprint density at radius 1 is 1.35 bits per heavy atom. The molecule has 0 amide bonds. The van der Waals surface area contributed by atoms with Gasteiger partial charge in [0.2, 0.25) is 0 Å². The fourth-order valence-corrected chi connectivity index (χ4v) is 4.77. The van der Waals surface area contributed by atoms with E-state index in [9.17, 15) is 8.42 Å². The minimum Gasteiger partial charge on any atom is -0.497 e. The Morgan fingerprint density at radius 2 is 2.05 bits per heavy atom. The predicted molar refractivity (Wildman–Crippen MR) is 80.5 cm³/mol. The number of ether oxygens (including phenoxy) is 1. The molecule has 1 fully saturated rings. The van der Waals surface area contributed by atoms with Crippen LogP contribution in [0.3, 0.4) is 0 Å². The summed E-state index contributed by atoms with van der Waals surface area (Å²) >= 11 is 0. The summed E-state index contributed by atoms with van der Waals surface area (Å²) in [5.74, 6) is 1.32. The van der Waals surface area contributed by atoms with E-state index in [1.54, 1.807) is 13.2 Å². The van der Waals surface area contributed by atoms with Crippen LogP contribution in [0.25, 0.3) is 0 Å². The van der Waals surface area contributed by atoms with E-state index in [-0.39, 0.29) is 11.5 Å². The van der Waals surface area contributed by atoms with Crippen LogP contribution in [0.4, 0.5) is 0 Å². The zero-order valence-electron chi connectivity index (χ0n) is 11.9. The van der Waals surface area contributed by atoms with Gasteiger partial charge in [-0.25, -0.2) is 8.42 Å². The largest absolute Gasteiger partial charge is 0.497 e. The lowest BCUT2D eigenvalue weighted by Crippen LogP contribution is -2.26. The highest BCUT2D eigenvalue weighted by atomic mass is 32.2. The zero-order chi connectivity index (χ0) is 14.6. The van der Waals surface area contributed by atoms with Crippen molar-refractivity contribution in [2.45, 2.75) is 31.7 Å². The van der Waals surface area contributed by atoms with Gasteiger partial charge < -0.3 is 10.5 Å². The van der Waals surface area contributed by atoms with Gasteiger partial charge in [0.1, 0.15) is 5.75 Å². The molecule has 5 heteroatoms.